The van der Waals surface area contributed by atoms with Crippen LogP contribution in [0.5, 0.6) is 0 Å². The van der Waals surface area contributed by atoms with Gasteiger partial charge in [0.2, 0.25) is 5.95 Å². The predicted octanol–water partition coefficient (Wildman–Crippen LogP) is 0.311. The van der Waals surface area contributed by atoms with Gasteiger partial charge in [-0.15, -0.1) is 0 Å². The van der Waals surface area contributed by atoms with Crippen LogP contribution in [0, 0.1) is 5.41 Å². The van der Waals surface area contributed by atoms with Crippen molar-refractivity contribution in [3.05, 3.63) is 12.4 Å². The molecule has 0 bridgehead atoms. The lowest BCUT2D eigenvalue weighted by Gasteiger charge is -2.32. The van der Waals surface area contributed by atoms with Crippen LogP contribution in [0.15, 0.2) is 12.4 Å². The third-order valence-corrected chi connectivity index (χ3v) is 2.58. The molecule has 0 atom stereocenters. The Bertz CT molecular complexity index is 371. The largest absolute Gasteiger partial charge is 0.497 e. The Hall–Kier alpha value is -1.14. The molecule has 0 aliphatic carbocycles. The van der Waals surface area contributed by atoms with E-state index >= 15 is 0 Å². The van der Waals surface area contributed by atoms with Crippen molar-refractivity contribution in [3.63, 3.8) is 0 Å². The van der Waals surface area contributed by atoms with Gasteiger partial charge in [0.1, 0.15) is 0 Å². The fourth-order valence-electron chi connectivity index (χ4n) is 1.57. The van der Waals surface area contributed by atoms with Gasteiger partial charge in [-0.1, -0.05) is 13.8 Å². The van der Waals surface area contributed by atoms with E-state index in [2.05, 4.69) is 23.8 Å². The molecule has 1 aliphatic heterocycles. The molecule has 0 amide bonds. The predicted molar refractivity (Wildman–Crippen MR) is 67.4 cm³/mol. The molecular formula is C11H18BN3O2. The number of aromatic nitrogens is 2. The second-order valence-electron chi connectivity index (χ2n) is 5.33. The van der Waals surface area contributed by atoms with Crippen molar-refractivity contribution in [1.29, 1.82) is 0 Å². The van der Waals surface area contributed by atoms with E-state index in [4.69, 9.17) is 9.31 Å². The lowest BCUT2D eigenvalue weighted by atomic mass is 9.77. The zero-order chi connectivity index (χ0) is 12.5. The third kappa shape index (κ3) is 2.95. The van der Waals surface area contributed by atoms with Crippen molar-refractivity contribution in [2.75, 3.05) is 32.2 Å². The maximum Gasteiger partial charge on any atom is 0.497 e. The molecule has 1 fully saturated rings. The van der Waals surface area contributed by atoms with Gasteiger partial charge in [0.05, 0.1) is 0 Å². The van der Waals surface area contributed by atoms with Crippen molar-refractivity contribution < 1.29 is 9.31 Å². The Balaban J connectivity index is 2.04. The van der Waals surface area contributed by atoms with Crippen LogP contribution in [0.1, 0.15) is 13.8 Å². The zero-order valence-corrected chi connectivity index (χ0v) is 10.8. The highest BCUT2D eigenvalue weighted by Crippen LogP contribution is 2.21. The topological polar surface area (TPSA) is 47.5 Å². The van der Waals surface area contributed by atoms with E-state index in [9.17, 15) is 0 Å². The van der Waals surface area contributed by atoms with E-state index in [0.29, 0.717) is 19.2 Å². The molecule has 1 aliphatic rings. The van der Waals surface area contributed by atoms with E-state index in [1.54, 1.807) is 12.4 Å². The van der Waals surface area contributed by atoms with Crippen molar-refractivity contribution in [1.82, 2.24) is 9.97 Å². The SMILES string of the molecule is CN(C)c1ncc(B2OCC(C)(C)CO2)cn1. The summed E-state index contributed by atoms with van der Waals surface area (Å²) in [5, 5.41) is 0. The van der Waals surface area contributed by atoms with Gasteiger partial charge in [-0.2, -0.15) is 0 Å². The Morgan fingerprint density at radius 1 is 1.18 bits per heavy atom. The summed E-state index contributed by atoms with van der Waals surface area (Å²) in [6.07, 6.45) is 3.51. The highest BCUT2D eigenvalue weighted by Gasteiger charge is 2.33. The summed E-state index contributed by atoms with van der Waals surface area (Å²) in [6.45, 7) is 5.62. The van der Waals surface area contributed by atoms with Crippen LogP contribution < -0.4 is 10.4 Å². The standard InChI is InChI=1S/C11H18BN3O2/c1-11(2)7-16-12(17-8-11)9-5-13-10(14-6-9)15(3)4/h5-6H,7-8H2,1-4H3. The first-order valence-corrected chi connectivity index (χ1v) is 5.70. The highest BCUT2D eigenvalue weighted by molar-refractivity contribution is 6.61. The summed E-state index contributed by atoms with van der Waals surface area (Å²) in [5.74, 6) is 0.685. The smallest absolute Gasteiger partial charge is 0.407 e. The van der Waals surface area contributed by atoms with E-state index in [0.717, 1.165) is 5.46 Å². The molecule has 2 heterocycles. The second kappa shape index (κ2) is 4.62. The van der Waals surface area contributed by atoms with E-state index < -0.39 is 0 Å². The minimum Gasteiger partial charge on any atom is -0.407 e. The van der Waals surface area contributed by atoms with Crippen LogP contribution in [-0.4, -0.2) is 44.4 Å². The van der Waals surface area contributed by atoms with Crippen LogP contribution in [0.2, 0.25) is 0 Å². The van der Waals surface area contributed by atoms with Gasteiger partial charge in [-0.05, 0) is 0 Å². The summed E-state index contributed by atoms with van der Waals surface area (Å²) in [6, 6.07) is 0. The molecule has 0 aromatic carbocycles. The van der Waals surface area contributed by atoms with E-state index in [1.165, 1.54) is 0 Å². The maximum absolute atomic E-state index is 5.66. The average molecular weight is 235 g/mol. The fraction of sp³-hybridized carbons (Fsp3) is 0.636. The molecule has 0 saturated carbocycles. The first-order chi connectivity index (χ1) is 7.98. The molecule has 5 nitrogen and oxygen atoms in total. The molecule has 0 unspecified atom stereocenters. The molecule has 6 heteroatoms. The highest BCUT2D eigenvalue weighted by atomic mass is 16.6. The minimum absolute atomic E-state index is 0.0843. The van der Waals surface area contributed by atoms with Crippen LogP contribution in [-0.2, 0) is 9.31 Å². The minimum atomic E-state index is -0.334. The summed E-state index contributed by atoms with van der Waals surface area (Å²) >= 11 is 0. The monoisotopic (exact) mass is 235 g/mol. The van der Waals surface area contributed by atoms with Gasteiger partial charge >= 0.3 is 7.12 Å². The third-order valence-electron chi connectivity index (χ3n) is 2.58. The van der Waals surface area contributed by atoms with Crippen molar-refractivity contribution >= 4 is 18.5 Å². The molecule has 1 aromatic rings. The van der Waals surface area contributed by atoms with Crippen LogP contribution in [0.25, 0.3) is 0 Å². The molecule has 0 N–H and O–H groups in total. The second-order valence-corrected chi connectivity index (χ2v) is 5.33. The van der Waals surface area contributed by atoms with E-state index in [1.807, 2.05) is 19.0 Å². The van der Waals surface area contributed by atoms with Crippen LogP contribution in [0.3, 0.4) is 0 Å². The number of hydrogen-bond donors (Lipinski definition) is 0. The van der Waals surface area contributed by atoms with Gasteiger partial charge < -0.3 is 14.2 Å². The molecule has 0 spiro atoms. The molecular weight excluding hydrogens is 217 g/mol. The van der Waals surface area contributed by atoms with Gasteiger partial charge in [0.15, 0.2) is 0 Å². The molecule has 1 saturated heterocycles. The van der Waals surface area contributed by atoms with Crippen molar-refractivity contribution in [2.45, 2.75) is 13.8 Å². The summed E-state index contributed by atoms with van der Waals surface area (Å²) in [4.78, 5) is 10.3. The quantitative estimate of drug-likeness (QED) is 0.690. The lowest BCUT2D eigenvalue weighted by molar-refractivity contribution is 0.0342. The lowest BCUT2D eigenvalue weighted by Crippen LogP contribution is -2.47. The van der Waals surface area contributed by atoms with Crippen molar-refractivity contribution in [2.24, 2.45) is 5.41 Å². The van der Waals surface area contributed by atoms with Gasteiger partial charge in [0.25, 0.3) is 0 Å². The molecule has 1 aromatic heterocycles. The van der Waals surface area contributed by atoms with Gasteiger partial charge in [-0.3, -0.25) is 0 Å². The van der Waals surface area contributed by atoms with Crippen LogP contribution >= 0.6 is 0 Å². The molecule has 2 rings (SSSR count). The number of hydrogen-bond acceptors (Lipinski definition) is 5. The van der Waals surface area contributed by atoms with Crippen molar-refractivity contribution in [3.8, 4) is 0 Å². The fourth-order valence-corrected chi connectivity index (χ4v) is 1.57. The van der Waals surface area contributed by atoms with E-state index in [-0.39, 0.29) is 12.5 Å². The van der Waals surface area contributed by atoms with Gasteiger partial charge in [0, 0.05) is 50.6 Å². The summed E-state index contributed by atoms with van der Waals surface area (Å²) in [5.41, 5.74) is 0.951. The average Bonchev–Trinajstić information content (AvgIpc) is 2.29. The Labute approximate surface area is 102 Å². The number of nitrogens with zero attached hydrogens (tertiary/aromatic N) is 3. The Morgan fingerprint density at radius 3 is 2.18 bits per heavy atom. The van der Waals surface area contributed by atoms with Gasteiger partial charge in [-0.25, -0.2) is 9.97 Å². The summed E-state index contributed by atoms with van der Waals surface area (Å²) < 4.78 is 11.3. The first-order valence-electron chi connectivity index (χ1n) is 5.70. The maximum atomic E-state index is 5.66. The normalized spacial score (nSPS) is 19.2. The summed E-state index contributed by atoms with van der Waals surface area (Å²) in [7, 11) is 3.48. The van der Waals surface area contributed by atoms with Crippen LogP contribution in [0.4, 0.5) is 5.95 Å². The zero-order valence-electron chi connectivity index (χ0n) is 10.8. The Kier molecular flexibility index (Phi) is 3.35. The number of anilines is 1. The Morgan fingerprint density at radius 2 is 1.71 bits per heavy atom. The first kappa shape index (κ1) is 12.3. The molecule has 17 heavy (non-hydrogen) atoms. The molecule has 92 valence electrons. The number of rotatable bonds is 2. The molecule has 0 radical (unpaired) electrons.